The van der Waals surface area contributed by atoms with Gasteiger partial charge in [-0.1, -0.05) is 30.3 Å². The van der Waals surface area contributed by atoms with Crippen molar-refractivity contribution < 1.29 is 4.39 Å². The van der Waals surface area contributed by atoms with E-state index in [1.165, 1.54) is 12.1 Å². The van der Waals surface area contributed by atoms with Crippen molar-refractivity contribution in [3.63, 3.8) is 0 Å². The van der Waals surface area contributed by atoms with Crippen molar-refractivity contribution in [2.24, 2.45) is 0 Å². The van der Waals surface area contributed by atoms with Gasteiger partial charge >= 0.3 is 0 Å². The molecule has 5 heteroatoms. The number of benzene rings is 2. The molecule has 0 atom stereocenters. The van der Waals surface area contributed by atoms with Gasteiger partial charge in [-0.3, -0.25) is 0 Å². The van der Waals surface area contributed by atoms with E-state index in [0.717, 1.165) is 16.9 Å². The van der Waals surface area contributed by atoms with Crippen LogP contribution in [0.3, 0.4) is 0 Å². The molecule has 3 rings (SSSR count). The summed E-state index contributed by atoms with van der Waals surface area (Å²) in [5.74, 6) is 0.270. The van der Waals surface area contributed by atoms with Crippen molar-refractivity contribution in [2.45, 2.75) is 0 Å². The Kier molecular flexibility index (Phi) is 3.79. The van der Waals surface area contributed by atoms with Crippen molar-refractivity contribution in [1.29, 1.82) is 0 Å². The molecule has 3 aromatic rings. The Balaban J connectivity index is 1.93. The van der Waals surface area contributed by atoms with Gasteiger partial charge in [-0.05, 0) is 35.9 Å². The van der Waals surface area contributed by atoms with Crippen LogP contribution in [0.25, 0.3) is 11.3 Å². The maximum atomic E-state index is 12.9. The normalized spacial score (nSPS) is 10.4. The van der Waals surface area contributed by atoms with Gasteiger partial charge in [-0.2, -0.15) is 0 Å². The lowest BCUT2D eigenvalue weighted by Gasteiger charge is -2.08. The van der Waals surface area contributed by atoms with Gasteiger partial charge in [0.05, 0.1) is 5.69 Å². The molecule has 0 saturated carbocycles. The van der Waals surface area contributed by atoms with Gasteiger partial charge in [0, 0.05) is 17.3 Å². The van der Waals surface area contributed by atoms with Crippen LogP contribution >= 0.6 is 11.6 Å². The summed E-state index contributed by atoms with van der Waals surface area (Å²) in [7, 11) is 0. The number of nitrogens with one attached hydrogen (secondary N) is 1. The van der Waals surface area contributed by atoms with Gasteiger partial charge in [-0.15, -0.1) is 0 Å². The number of rotatable bonds is 3. The van der Waals surface area contributed by atoms with E-state index in [2.05, 4.69) is 15.3 Å². The van der Waals surface area contributed by atoms with Gasteiger partial charge in [0.15, 0.2) is 0 Å². The molecule has 0 unspecified atom stereocenters. The first-order valence-corrected chi connectivity index (χ1v) is 6.71. The minimum Gasteiger partial charge on any atom is -0.340 e. The Labute approximate surface area is 126 Å². The summed E-state index contributed by atoms with van der Waals surface area (Å²) in [5, 5.41) is 3.23. The third-order valence-corrected chi connectivity index (χ3v) is 3.05. The first-order valence-electron chi connectivity index (χ1n) is 6.33. The fourth-order valence-corrected chi connectivity index (χ4v) is 2.10. The fraction of sp³-hybridized carbons (Fsp3) is 0. The lowest BCUT2D eigenvalue weighted by Crippen LogP contribution is -1.97. The highest BCUT2D eigenvalue weighted by Gasteiger charge is 2.05. The highest BCUT2D eigenvalue weighted by atomic mass is 35.5. The van der Waals surface area contributed by atoms with Gasteiger partial charge in [-0.25, -0.2) is 14.4 Å². The molecule has 0 bridgehead atoms. The summed E-state index contributed by atoms with van der Waals surface area (Å²) in [5.41, 5.74) is 2.40. The molecule has 0 aliphatic carbocycles. The average molecular weight is 300 g/mol. The Bertz CT molecular complexity index is 745. The smallest absolute Gasteiger partial charge is 0.224 e. The molecular formula is C16H11ClFN3. The maximum absolute atomic E-state index is 12.9. The molecule has 0 spiro atoms. The lowest BCUT2D eigenvalue weighted by atomic mass is 10.1. The van der Waals surface area contributed by atoms with Crippen LogP contribution in [0.2, 0.25) is 5.28 Å². The molecule has 104 valence electrons. The Hall–Kier alpha value is -2.46. The second-order valence-corrected chi connectivity index (χ2v) is 4.74. The zero-order valence-electron chi connectivity index (χ0n) is 10.9. The predicted octanol–water partition coefficient (Wildman–Crippen LogP) is 4.68. The number of hydrogen-bond donors (Lipinski definition) is 1. The van der Waals surface area contributed by atoms with Crippen molar-refractivity contribution in [2.75, 3.05) is 5.32 Å². The molecule has 1 N–H and O–H groups in total. The minimum atomic E-state index is -0.286. The van der Waals surface area contributed by atoms with E-state index >= 15 is 0 Å². The second-order valence-electron chi connectivity index (χ2n) is 4.41. The predicted molar refractivity (Wildman–Crippen MR) is 82.2 cm³/mol. The molecule has 2 aromatic carbocycles. The number of halogens is 2. The standard InChI is InChI=1S/C16H11ClFN3/c17-16-20-14(11-4-2-1-3-5-11)10-15(21-16)19-13-8-6-12(18)7-9-13/h1-10H,(H,19,20,21). The monoisotopic (exact) mass is 299 g/mol. The molecular weight excluding hydrogens is 289 g/mol. The molecule has 0 fully saturated rings. The van der Waals surface area contributed by atoms with Crippen LogP contribution in [0, 0.1) is 5.82 Å². The summed E-state index contributed by atoms with van der Waals surface area (Å²) < 4.78 is 12.9. The van der Waals surface area contributed by atoms with Crippen LogP contribution < -0.4 is 5.32 Å². The van der Waals surface area contributed by atoms with Crippen LogP contribution in [-0.4, -0.2) is 9.97 Å². The van der Waals surface area contributed by atoms with Crippen molar-refractivity contribution >= 4 is 23.1 Å². The molecule has 0 saturated heterocycles. The Morgan fingerprint density at radius 3 is 2.33 bits per heavy atom. The maximum Gasteiger partial charge on any atom is 0.224 e. The average Bonchev–Trinajstić information content (AvgIpc) is 2.50. The van der Waals surface area contributed by atoms with Crippen molar-refractivity contribution in [1.82, 2.24) is 9.97 Å². The fourth-order valence-electron chi connectivity index (χ4n) is 1.92. The second kappa shape index (κ2) is 5.89. The molecule has 0 aliphatic heterocycles. The van der Waals surface area contributed by atoms with E-state index in [4.69, 9.17) is 11.6 Å². The van der Waals surface area contributed by atoms with Gasteiger partial charge in [0.2, 0.25) is 5.28 Å². The van der Waals surface area contributed by atoms with E-state index in [0.29, 0.717) is 5.82 Å². The summed E-state index contributed by atoms with van der Waals surface area (Å²) in [6.07, 6.45) is 0. The van der Waals surface area contributed by atoms with Crippen LogP contribution in [-0.2, 0) is 0 Å². The van der Waals surface area contributed by atoms with Crippen molar-refractivity contribution in [3.8, 4) is 11.3 Å². The quantitative estimate of drug-likeness (QED) is 0.714. The number of nitrogens with zero attached hydrogens (tertiary/aromatic N) is 2. The molecule has 0 aliphatic rings. The largest absolute Gasteiger partial charge is 0.340 e. The van der Waals surface area contributed by atoms with Crippen LogP contribution in [0.15, 0.2) is 60.7 Å². The van der Waals surface area contributed by atoms with Crippen molar-refractivity contribution in [3.05, 3.63) is 71.8 Å². The number of anilines is 2. The van der Waals surface area contributed by atoms with Crippen LogP contribution in [0.5, 0.6) is 0 Å². The topological polar surface area (TPSA) is 37.8 Å². The van der Waals surface area contributed by atoms with Crippen LogP contribution in [0.1, 0.15) is 0 Å². The highest BCUT2D eigenvalue weighted by Crippen LogP contribution is 2.23. The highest BCUT2D eigenvalue weighted by molar-refractivity contribution is 6.28. The van der Waals surface area contributed by atoms with E-state index < -0.39 is 0 Å². The van der Waals surface area contributed by atoms with Gasteiger partial charge in [0.25, 0.3) is 0 Å². The number of hydrogen-bond acceptors (Lipinski definition) is 3. The number of aromatic nitrogens is 2. The SMILES string of the molecule is Fc1ccc(Nc2cc(-c3ccccc3)nc(Cl)n2)cc1. The lowest BCUT2D eigenvalue weighted by molar-refractivity contribution is 0.628. The van der Waals surface area contributed by atoms with E-state index in [1.54, 1.807) is 18.2 Å². The molecule has 1 aromatic heterocycles. The molecule has 0 radical (unpaired) electrons. The third-order valence-electron chi connectivity index (χ3n) is 2.89. The van der Waals surface area contributed by atoms with Crippen LogP contribution in [0.4, 0.5) is 15.9 Å². The summed E-state index contributed by atoms with van der Waals surface area (Å²) in [6, 6.07) is 17.5. The first kappa shape index (κ1) is 13.5. The van der Waals surface area contributed by atoms with E-state index in [-0.39, 0.29) is 11.1 Å². The zero-order chi connectivity index (χ0) is 14.7. The Morgan fingerprint density at radius 2 is 1.62 bits per heavy atom. The Morgan fingerprint density at radius 1 is 0.905 bits per heavy atom. The third kappa shape index (κ3) is 3.35. The molecule has 3 nitrogen and oxygen atoms in total. The molecule has 1 heterocycles. The van der Waals surface area contributed by atoms with E-state index in [1.807, 2.05) is 30.3 Å². The van der Waals surface area contributed by atoms with Gasteiger partial charge in [0.1, 0.15) is 11.6 Å². The summed E-state index contributed by atoms with van der Waals surface area (Å²) in [4.78, 5) is 8.34. The molecule has 21 heavy (non-hydrogen) atoms. The van der Waals surface area contributed by atoms with Gasteiger partial charge < -0.3 is 5.32 Å². The zero-order valence-corrected chi connectivity index (χ0v) is 11.7. The minimum absolute atomic E-state index is 0.154. The molecule has 0 amide bonds. The summed E-state index contributed by atoms with van der Waals surface area (Å²) >= 11 is 5.97. The van der Waals surface area contributed by atoms with E-state index in [9.17, 15) is 4.39 Å². The first-order chi connectivity index (χ1) is 10.2. The summed E-state index contributed by atoms with van der Waals surface area (Å²) in [6.45, 7) is 0.